The van der Waals surface area contributed by atoms with Crippen LogP contribution in [-0.4, -0.2) is 78.8 Å². The van der Waals surface area contributed by atoms with Crippen LogP contribution >= 0.6 is 0 Å². The van der Waals surface area contributed by atoms with E-state index in [4.69, 9.17) is 4.74 Å². The van der Waals surface area contributed by atoms with Crippen molar-refractivity contribution in [2.45, 2.75) is 51.5 Å². The molecular formula is C25H36N4O5. The highest BCUT2D eigenvalue weighted by molar-refractivity contribution is 5.98. The van der Waals surface area contributed by atoms with Gasteiger partial charge in [0.2, 0.25) is 18.2 Å². The van der Waals surface area contributed by atoms with Crippen molar-refractivity contribution >= 4 is 29.6 Å². The lowest BCUT2D eigenvalue weighted by Gasteiger charge is -2.30. The van der Waals surface area contributed by atoms with Crippen molar-refractivity contribution < 1.29 is 24.3 Å². The molecule has 1 saturated carbocycles. The predicted molar refractivity (Wildman–Crippen MR) is 127 cm³/mol. The van der Waals surface area contributed by atoms with Crippen LogP contribution in [0.2, 0.25) is 0 Å². The van der Waals surface area contributed by atoms with Gasteiger partial charge in [0.05, 0.1) is 25.7 Å². The molecule has 1 spiro atoms. The van der Waals surface area contributed by atoms with E-state index in [2.05, 4.69) is 10.2 Å². The summed E-state index contributed by atoms with van der Waals surface area (Å²) in [4.78, 5) is 41.7. The Bertz CT molecular complexity index is 867. The van der Waals surface area contributed by atoms with E-state index in [1.54, 1.807) is 4.90 Å². The second-order valence-corrected chi connectivity index (χ2v) is 9.89. The molecule has 2 aliphatic heterocycles. The SMILES string of the molecule is CCCC[C@H](CN(O)C=O)C(=O)N1CC2(CC2)C[C@H]1C(=O)Nc1ccc(N2CCOCC2)cc1. The van der Waals surface area contributed by atoms with Gasteiger partial charge >= 0.3 is 0 Å². The molecular weight excluding hydrogens is 436 g/mol. The fraction of sp³-hybridized carbons (Fsp3) is 0.640. The fourth-order valence-corrected chi connectivity index (χ4v) is 5.11. The van der Waals surface area contributed by atoms with E-state index in [9.17, 15) is 19.6 Å². The molecule has 2 atom stereocenters. The molecule has 9 heteroatoms. The third-order valence-electron chi connectivity index (χ3n) is 7.35. The number of nitrogens with zero attached hydrogens (tertiary/aromatic N) is 3. The second kappa shape index (κ2) is 10.7. The lowest BCUT2D eigenvalue weighted by Crippen LogP contribution is -2.47. The number of ether oxygens (including phenoxy) is 1. The van der Waals surface area contributed by atoms with Gasteiger partial charge < -0.3 is 19.9 Å². The van der Waals surface area contributed by atoms with Crippen LogP contribution in [0, 0.1) is 11.3 Å². The molecule has 3 amide bonds. The Labute approximate surface area is 201 Å². The number of unbranched alkanes of at least 4 members (excludes halogenated alkanes) is 1. The molecule has 186 valence electrons. The van der Waals surface area contributed by atoms with E-state index in [1.807, 2.05) is 31.2 Å². The van der Waals surface area contributed by atoms with Gasteiger partial charge in [0, 0.05) is 31.0 Å². The number of nitrogens with one attached hydrogen (secondary N) is 1. The lowest BCUT2D eigenvalue weighted by molar-refractivity contribution is -0.157. The van der Waals surface area contributed by atoms with Gasteiger partial charge in [-0.2, -0.15) is 0 Å². The third-order valence-corrected chi connectivity index (χ3v) is 7.35. The maximum Gasteiger partial charge on any atom is 0.247 e. The Balaban J connectivity index is 1.43. The summed E-state index contributed by atoms with van der Waals surface area (Å²) in [7, 11) is 0. The highest BCUT2D eigenvalue weighted by atomic mass is 16.5. The zero-order chi connectivity index (χ0) is 24.1. The van der Waals surface area contributed by atoms with E-state index >= 15 is 0 Å². The molecule has 1 aliphatic carbocycles. The van der Waals surface area contributed by atoms with Crippen molar-refractivity contribution in [3.63, 3.8) is 0 Å². The van der Waals surface area contributed by atoms with Gasteiger partial charge in [0.15, 0.2) is 0 Å². The van der Waals surface area contributed by atoms with Crippen molar-refractivity contribution in [1.82, 2.24) is 9.96 Å². The van der Waals surface area contributed by atoms with Crippen LogP contribution in [0.15, 0.2) is 24.3 Å². The van der Waals surface area contributed by atoms with Crippen LogP contribution < -0.4 is 10.2 Å². The lowest BCUT2D eigenvalue weighted by atomic mass is 9.99. The minimum Gasteiger partial charge on any atom is -0.378 e. The summed E-state index contributed by atoms with van der Waals surface area (Å²) in [6.07, 6.45) is 5.32. The van der Waals surface area contributed by atoms with E-state index in [1.165, 1.54) is 0 Å². The van der Waals surface area contributed by atoms with Crippen molar-refractivity contribution in [3.8, 4) is 0 Å². The van der Waals surface area contributed by atoms with E-state index in [-0.39, 0.29) is 23.8 Å². The molecule has 2 heterocycles. The van der Waals surface area contributed by atoms with Gasteiger partial charge in [-0.25, -0.2) is 5.06 Å². The number of likely N-dealkylation sites (tertiary alicyclic amines) is 1. The standard InChI is InChI=1S/C25H36N4O5/c1-2-3-4-19(16-28(33)18-30)24(32)29-17-25(9-10-25)15-22(29)23(31)26-20-5-7-21(8-6-20)27-11-13-34-14-12-27/h5-8,18-19,22,33H,2-4,9-17H2,1H3,(H,26,31)/t19-,22+/m1/s1. The van der Waals surface area contributed by atoms with Crippen LogP contribution in [0.4, 0.5) is 11.4 Å². The van der Waals surface area contributed by atoms with Gasteiger partial charge in [0.25, 0.3) is 0 Å². The first-order valence-electron chi connectivity index (χ1n) is 12.4. The monoisotopic (exact) mass is 472 g/mol. The van der Waals surface area contributed by atoms with Gasteiger partial charge in [-0.15, -0.1) is 0 Å². The summed E-state index contributed by atoms with van der Waals surface area (Å²) in [6.45, 7) is 5.67. The molecule has 1 aromatic rings. The second-order valence-electron chi connectivity index (χ2n) is 9.89. The Morgan fingerprint density at radius 3 is 2.59 bits per heavy atom. The molecule has 0 radical (unpaired) electrons. The molecule has 0 bridgehead atoms. The minimum atomic E-state index is -0.540. The van der Waals surface area contributed by atoms with Gasteiger partial charge in [-0.05, 0) is 55.4 Å². The number of morpholine rings is 1. The number of carbonyl (C=O) groups is 3. The smallest absolute Gasteiger partial charge is 0.247 e. The third kappa shape index (κ3) is 5.70. The molecule has 34 heavy (non-hydrogen) atoms. The first-order chi connectivity index (χ1) is 16.4. The van der Waals surface area contributed by atoms with Crippen LogP contribution in [0.1, 0.15) is 45.4 Å². The molecule has 2 saturated heterocycles. The zero-order valence-electron chi connectivity index (χ0n) is 19.9. The first-order valence-corrected chi connectivity index (χ1v) is 12.4. The maximum absolute atomic E-state index is 13.5. The Morgan fingerprint density at radius 2 is 1.97 bits per heavy atom. The fourth-order valence-electron chi connectivity index (χ4n) is 5.11. The van der Waals surface area contributed by atoms with Crippen LogP contribution in [-0.2, 0) is 19.1 Å². The number of hydrogen-bond acceptors (Lipinski definition) is 6. The van der Waals surface area contributed by atoms with Crippen molar-refractivity contribution in [1.29, 1.82) is 0 Å². The summed E-state index contributed by atoms with van der Waals surface area (Å²) in [6, 6.07) is 7.25. The number of carbonyl (C=O) groups excluding carboxylic acids is 3. The summed E-state index contributed by atoms with van der Waals surface area (Å²) in [5.74, 6) is -0.852. The molecule has 0 unspecified atom stereocenters. The van der Waals surface area contributed by atoms with Crippen LogP contribution in [0.25, 0.3) is 0 Å². The number of amides is 3. The average molecular weight is 473 g/mol. The van der Waals surface area contributed by atoms with E-state index in [0.717, 1.165) is 44.5 Å². The number of benzene rings is 1. The Morgan fingerprint density at radius 1 is 1.26 bits per heavy atom. The molecule has 0 aromatic heterocycles. The summed E-state index contributed by atoms with van der Waals surface area (Å²) < 4.78 is 5.41. The molecule has 3 fully saturated rings. The highest BCUT2D eigenvalue weighted by Crippen LogP contribution is 2.55. The van der Waals surface area contributed by atoms with Crippen molar-refractivity contribution in [2.24, 2.45) is 11.3 Å². The normalized spacial score (nSPS) is 21.9. The highest BCUT2D eigenvalue weighted by Gasteiger charge is 2.55. The quantitative estimate of drug-likeness (QED) is 0.308. The Kier molecular flexibility index (Phi) is 7.73. The van der Waals surface area contributed by atoms with Gasteiger partial charge in [0.1, 0.15) is 6.04 Å². The minimum absolute atomic E-state index is 0.0384. The molecule has 3 aliphatic rings. The summed E-state index contributed by atoms with van der Waals surface area (Å²) >= 11 is 0. The topological polar surface area (TPSA) is 102 Å². The number of anilines is 2. The zero-order valence-corrected chi connectivity index (χ0v) is 19.9. The number of hydrogen-bond donors (Lipinski definition) is 2. The predicted octanol–water partition coefficient (Wildman–Crippen LogP) is 2.50. The largest absolute Gasteiger partial charge is 0.378 e. The van der Waals surface area contributed by atoms with Crippen molar-refractivity contribution in [3.05, 3.63) is 24.3 Å². The molecule has 2 N–H and O–H groups in total. The van der Waals surface area contributed by atoms with Crippen LogP contribution in [0.5, 0.6) is 0 Å². The molecule has 9 nitrogen and oxygen atoms in total. The first kappa shape index (κ1) is 24.5. The van der Waals surface area contributed by atoms with Gasteiger partial charge in [-0.1, -0.05) is 19.8 Å². The average Bonchev–Trinajstić information content (AvgIpc) is 3.51. The van der Waals surface area contributed by atoms with E-state index in [0.29, 0.717) is 49.8 Å². The maximum atomic E-state index is 13.5. The summed E-state index contributed by atoms with van der Waals surface area (Å²) in [5, 5.41) is 13.3. The Hall–Kier alpha value is -2.65. The molecule has 4 rings (SSSR count). The van der Waals surface area contributed by atoms with Crippen molar-refractivity contribution in [2.75, 3.05) is 49.6 Å². The van der Waals surface area contributed by atoms with Gasteiger partial charge in [-0.3, -0.25) is 19.6 Å². The number of hydroxylamine groups is 2. The number of rotatable bonds is 10. The molecule has 1 aromatic carbocycles. The van der Waals surface area contributed by atoms with E-state index < -0.39 is 12.0 Å². The van der Waals surface area contributed by atoms with Crippen LogP contribution in [0.3, 0.4) is 0 Å². The summed E-state index contributed by atoms with van der Waals surface area (Å²) in [5.41, 5.74) is 1.84.